The number of methoxy groups -OCH3 is 1. The van der Waals surface area contributed by atoms with Crippen molar-refractivity contribution < 1.29 is 19.4 Å². The van der Waals surface area contributed by atoms with Crippen LogP contribution in [0.5, 0.6) is 0 Å². The molecule has 0 bridgehead atoms. The Morgan fingerprint density at radius 2 is 2.24 bits per heavy atom. The Morgan fingerprint density at radius 1 is 1.57 bits per heavy atom. The quantitative estimate of drug-likeness (QED) is 0.481. The fourth-order valence-corrected chi connectivity index (χ4v) is 3.83. The molecule has 0 radical (unpaired) electrons. The molecule has 0 aromatic heterocycles. The molecule has 0 aromatic rings. The van der Waals surface area contributed by atoms with Crippen LogP contribution in [0.4, 0.5) is 0 Å². The van der Waals surface area contributed by atoms with E-state index in [2.05, 4.69) is 6.08 Å². The summed E-state index contributed by atoms with van der Waals surface area (Å²) in [5.74, 6) is -0.321. The molecule has 120 valence electrons. The minimum Gasteiger partial charge on any atom is -0.388 e. The highest BCUT2D eigenvalue weighted by molar-refractivity contribution is 6.18. The molecule has 21 heavy (non-hydrogen) atoms. The van der Waals surface area contributed by atoms with Crippen LogP contribution < -0.4 is 0 Å². The maximum Gasteiger partial charge on any atom is 0.162 e. The highest BCUT2D eigenvalue weighted by Gasteiger charge is 2.67. The number of Topliss-reactive ketones (excluding diaryl/α,β-unsaturated/α-hetero) is 1. The van der Waals surface area contributed by atoms with E-state index in [-0.39, 0.29) is 17.8 Å². The molecule has 0 aromatic carbocycles. The zero-order valence-corrected chi connectivity index (χ0v) is 13.9. The van der Waals surface area contributed by atoms with Gasteiger partial charge in [0.1, 0.15) is 11.7 Å². The van der Waals surface area contributed by atoms with Crippen molar-refractivity contribution in [3.05, 3.63) is 11.6 Å². The van der Waals surface area contributed by atoms with E-state index in [0.29, 0.717) is 12.8 Å². The summed E-state index contributed by atoms with van der Waals surface area (Å²) in [6, 6.07) is 0. The smallest absolute Gasteiger partial charge is 0.162 e. The van der Waals surface area contributed by atoms with Gasteiger partial charge in [-0.2, -0.15) is 0 Å². The van der Waals surface area contributed by atoms with Crippen LogP contribution >= 0.6 is 11.6 Å². The van der Waals surface area contributed by atoms with Crippen LogP contribution in [0.3, 0.4) is 0 Å². The third kappa shape index (κ3) is 3.04. The lowest BCUT2D eigenvalue weighted by Gasteiger charge is -2.44. The van der Waals surface area contributed by atoms with Crippen LogP contribution in [-0.4, -0.2) is 47.3 Å². The van der Waals surface area contributed by atoms with Gasteiger partial charge in [-0.15, -0.1) is 11.6 Å². The summed E-state index contributed by atoms with van der Waals surface area (Å²) in [6.07, 6.45) is 2.90. The van der Waals surface area contributed by atoms with Crippen molar-refractivity contribution in [2.75, 3.05) is 13.0 Å². The molecule has 1 N–H and O–H groups in total. The van der Waals surface area contributed by atoms with Crippen molar-refractivity contribution in [3.8, 4) is 0 Å². The summed E-state index contributed by atoms with van der Waals surface area (Å²) in [5, 5.41) is 10.9. The van der Waals surface area contributed by atoms with Gasteiger partial charge in [0.25, 0.3) is 0 Å². The number of halogens is 1. The Labute approximate surface area is 131 Å². The van der Waals surface area contributed by atoms with Gasteiger partial charge >= 0.3 is 0 Å². The normalized spacial score (nSPS) is 42.8. The number of hydrogen-bond donors (Lipinski definition) is 1. The van der Waals surface area contributed by atoms with Gasteiger partial charge in [-0.1, -0.05) is 11.6 Å². The molecule has 2 fully saturated rings. The van der Waals surface area contributed by atoms with Gasteiger partial charge in [0, 0.05) is 13.5 Å². The number of carbonyl (C=O) groups excluding carboxylic acids is 1. The van der Waals surface area contributed by atoms with Crippen molar-refractivity contribution in [2.24, 2.45) is 5.92 Å². The van der Waals surface area contributed by atoms with Crippen molar-refractivity contribution in [2.45, 2.75) is 63.4 Å². The van der Waals surface area contributed by atoms with E-state index < -0.39 is 23.2 Å². The SMILES string of the molecule is COC1C(=O)CCC(O)(CCl)C1C1(C)OC1CC=C(C)C. The summed E-state index contributed by atoms with van der Waals surface area (Å²) in [6.45, 7) is 6.02. The van der Waals surface area contributed by atoms with Gasteiger partial charge in [0.15, 0.2) is 5.78 Å². The molecule has 5 heteroatoms. The molecule has 1 saturated carbocycles. The molecule has 2 aliphatic rings. The molecule has 2 rings (SSSR count). The monoisotopic (exact) mass is 316 g/mol. The zero-order valence-electron chi connectivity index (χ0n) is 13.2. The van der Waals surface area contributed by atoms with Crippen LogP contribution in [-0.2, 0) is 14.3 Å². The van der Waals surface area contributed by atoms with E-state index in [1.807, 2.05) is 20.8 Å². The molecule has 1 saturated heterocycles. The lowest BCUT2D eigenvalue weighted by Crippen LogP contribution is -2.59. The number of epoxide rings is 1. The summed E-state index contributed by atoms with van der Waals surface area (Å²) in [7, 11) is 1.51. The van der Waals surface area contributed by atoms with E-state index in [0.717, 1.165) is 6.42 Å². The van der Waals surface area contributed by atoms with E-state index in [1.54, 1.807) is 0 Å². The van der Waals surface area contributed by atoms with Gasteiger partial charge in [0.05, 0.1) is 23.5 Å². The van der Waals surface area contributed by atoms with Crippen LogP contribution in [0.15, 0.2) is 11.6 Å². The zero-order chi connectivity index (χ0) is 15.8. The van der Waals surface area contributed by atoms with Crippen molar-refractivity contribution >= 4 is 17.4 Å². The Morgan fingerprint density at radius 3 is 2.76 bits per heavy atom. The van der Waals surface area contributed by atoms with Crippen LogP contribution in [0.25, 0.3) is 0 Å². The number of alkyl halides is 1. The van der Waals surface area contributed by atoms with Gasteiger partial charge in [-0.25, -0.2) is 0 Å². The third-order valence-corrected chi connectivity index (χ3v) is 5.29. The van der Waals surface area contributed by atoms with Crippen molar-refractivity contribution in [3.63, 3.8) is 0 Å². The summed E-state index contributed by atoms with van der Waals surface area (Å²) >= 11 is 6.01. The Hall–Kier alpha value is -0.420. The number of carbonyl (C=O) groups is 1. The highest BCUT2D eigenvalue weighted by atomic mass is 35.5. The first-order valence-corrected chi connectivity index (χ1v) is 7.97. The largest absolute Gasteiger partial charge is 0.388 e. The predicted octanol–water partition coefficient (Wildman–Crippen LogP) is 2.46. The maximum atomic E-state index is 12.1. The molecular weight excluding hydrogens is 292 g/mol. The van der Waals surface area contributed by atoms with E-state index >= 15 is 0 Å². The number of aliphatic hydroxyl groups is 1. The topological polar surface area (TPSA) is 59.1 Å². The van der Waals surface area contributed by atoms with Gasteiger partial charge < -0.3 is 14.6 Å². The van der Waals surface area contributed by atoms with Crippen LogP contribution in [0.2, 0.25) is 0 Å². The molecule has 1 heterocycles. The van der Waals surface area contributed by atoms with Crippen molar-refractivity contribution in [1.82, 2.24) is 0 Å². The van der Waals surface area contributed by atoms with E-state index in [1.165, 1.54) is 12.7 Å². The maximum absolute atomic E-state index is 12.1. The van der Waals surface area contributed by atoms with Gasteiger partial charge in [-0.3, -0.25) is 4.79 Å². The number of ketones is 1. The predicted molar refractivity (Wildman–Crippen MR) is 81.5 cm³/mol. The van der Waals surface area contributed by atoms with Crippen LogP contribution in [0, 0.1) is 5.92 Å². The first-order chi connectivity index (χ1) is 9.78. The summed E-state index contributed by atoms with van der Waals surface area (Å²) in [4.78, 5) is 12.1. The molecule has 1 aliphatic heterocycles. The molecule has 0 amide bonds. The lowest BCUT2D eigenvalue weighted by atomic mass is 9.67. The standard InChI is InChI=1S/C16H25ClO4/c1-10(2)5-6-12-15(3,21-12)14-13(20-4)11(18)7-8-16(14,19)9-17/h5,12-14,19H,6-9H2,1-4H3. The number of rotatable bonds is 5. The molecule has 5 unspecified atom stereocenters. The Kier molecular flexibility index (Phi) is 4.84. The first-order valence-electron chi connectivity index (χ1n) is 7.43. The number of allylic oxidation sites excluding steroid dienone is 1. The second kappa shape index (κ2) is 5.99. The second-order valence-corrected chi connectivity index (χ2v) is 6.91. The molecule has 4 nitrogen and oxygen atoms in total. The van der Waals surface area contributed by atoms with Gasteiger partial charge in [0.2, 0.25) is 0 Å². The minimum absolute atomic E-state index is 0.00399. The fourth-order valence-electron chi connectivity index (χ4n) is 3.53. The van der Waals surface area contributed by atoms with Crippen molar-refractivity contribution in [1.29, 1.82) is 0 Å². The average molecular weight is 317 g/mol. The minimum atomic E-state index is -1.12. The third-order valence-electron chi connectivity index (χ3n) is 4.82. The Bertz CT molecular complexity index is 446. The van der Waals surface area contributed by atoms with E-state index in [4.69, 9.17) is 21.1 Å². The molecule has 0 spiro atoms. The molecular formula is C16H25ClO4. The highest BCUT2D eigenvalue weighted by Crippen LogP contribution is 2.53. The van der Waals surface area contributed by atoms with Gasteiger partial charge in [-0.05, 0) is 33.6 Å². The fraction of sp³-hybridized carbons (Fsp3) is 0.812. The Balaban J connectivity index is 2.24. The average Bonchev–Trinajstić information content (AvgIpc) is 3.10. The summed E-state index contributed by atoms with van der Waals surface area (Å²) in [5.41, 5.74) is -0.458. The second-order valence-electron chi connectivity index (χ2n) is 6.65. The first kappa shape index (κ1) is 16.9. The number of ether oxygens (including phenoxy) is 2. The van der Waals surface area contributed by atoms with E-state index in [9.17, 15) is 9.90 Å². The van der Waals surface area contributed by atoms with Crippen LogP contribution in [0.1, 0.15) is 40.0 Å². The number of hydrogen-bond acceptors (Lipinski definition) is 4. The lowest BCUT2D eigenvalue weighted by molar-refractivity contribution is -0.159. The molecule has 5 atom stereocenters. The molecule has 1 aliphatic carbocycles. The summed E-state index contributed by atoms with van der Waals surface area (Å²) < 4.78 is 11.3.